The number of likely N-dealkylation sites (tertiary alicyclic amines) is 1. The van der Waals surface area contributed by atoms with Crippen molar-refractivity contribution in [3.8, 4) is 0 Å². The van der Waals surface area contributed by atoms with E-state index in [0.29, 0.717) is 6.04 Å². The number of aliphatic hydroxyl groups is 1. The molecule has 2 aliphatic rings. The summed E-state index contributed by atoms with van der Waals surface area (Å²) < 4.78 is 0. The minimum absolute atomic E-state index is 0.468. The molecule has 2 atom stereocenters. The van der Waals surface area contributed by atoms with Gasteiger partial charge in [0.2, 0.25) is 0 Å². The molecule has 0 bridgehead atoms. The third-order valence-electron chi connectivity index (χ3n) is 5.65. The van der Waals surface area contributed by atoms with Crippen LogP contribution in [0.5, 0.6) is 0 Å². The predicted molar refractivity (Wildman–Crippen MR) is 93.4 cm³/mol. The fourth-order valence-corrected chi connectivity index (χ4v) is 4.42. The van der Waals surface area contributed by atoms with E-state index in [2.05, 4.69) is 41.3 Å². The van der Waals surface area contributed by atoms with E-state index in [1.165, 1.54) is 31.5 Å². The Labute approximate surface area is 138 Å². The summed E-state index contributed by atoms with van der Waals surface area (Å²) in [7, 11) is 0. The number of fused-ring (bicyclic) bond motifs is 1. The molecule has 0 saturated carbocycles. The summed E-state index contributed by atoms with van der Waals surface area (Å²) in [6.45, 7) is 2.37. The van der Waals surface area contributed by atoms with E-state index in [9.17, 15) is 5.11 Å². The fourth-order valence-electron chi connectivity index (χ4n) is 4.42. The molecule has 2 aromatic rings. The molecule has 1 aliphatic carbocycles. The van der Waals surface area contributed by atoms with Crippen molar-refractivity contribution in [3.05, 3.63) is 71.3 Å². The van der Waals surface area contributed by atoms with Gasteiger partial charge < -0.3 is 10.0 Å². The van der Waals surface area contributed by atoms with Gasteiger partial charge >= 0.3 is 0 Å². The van der Waals surface area contributed by atoms with Crippen molar-refractivity contribution in [2.45, 2.75) is 43.7 Å². The molecule has 2 aromatic carbocycles. The minimum atomic E-state index is -0.873. The van der Waals surface area contributed by atoms with Gasteiger partial charge in [0.15, 0.2) is 0 Å². The summed E-state index contributed by atoms with van der Waals surface area (Å²) >= 11 is 0. The van der Waals surface area contributed by atoms with Gasteiger partial charge in [0.25, 0.3) is 0 Å². The third kappa shape index (κ3) is 2.71. The topological polar surface area (TPSA) is 23.5 Å². The zero-order valence-corrected chi connectivity index (χ0v) is 13.6. The van der Waals surface area contributed by atoms with Crippen molar-refractivity contribution < 1.29 is 5.11 Å². The van der Waals surface area contributed by atoms with E-state index in [0.717, 1.165) is 30.4 Å². The Morgan fingerprint density at radius 3 is 2.39 bits per heavy atom. The van der Waals surface area contributed by atoms with Crippen LogP contribution in [0.25, 0.3) is 0 Å². The molecule has 0 amide bonds. The zero-order chi connectivity index (χ0) is 15.7. The second-order valence-electron chi connectivity index (χ2n) is 7.02. The van der Waals surface area contributed by atoms with Crippen LogP contribution in [0.15, 0.2) is 54.6 Å². The highest BCUT2D eigenvalue weighted by molar-refractivity contribution is 5.42. The molecular formula is C21H25NO. The number of hydrogen-bond acceptors (Lipinski definition) is 2. The Kier molecular flexibility index (Phi) is 3.96. The zero-order valence-electron chi connectivity index (χ0n) is 13.6. The smallest absolute Gasteiger partial charge is 0.116 e. The maximum Gasteiger partial charge on any atom is 0.116 e. The second-order valence-corrected chi connectivity index (χ2v) is 7.02. The molecule has 1 N–H and O–H groups in total. The molecule has 0 unspecified atom stereocenters. The van der Waals surface area contributed by atoms with E-state index in [4.69, 9.17) is 0 Å². The van der Waals surface area contributed by atoms with Crippen LogP contribution >= 0.6 is 0 Å². The Bertz CT molecular complexity index is 663. The first-order valence-corrected chi connectivity index (χ1v) is 8.88. The molecule has 1 aliphatic heterocycles. The molecule has 1 fully saturated rings. The van der Waals surface area contributed by atoms with Gasteiger partial charge in [-0.15, -0.1) is 0 Å². The van der Waals surface area contributed by atoms with Crippen molar-refractivity contribution in [2.24, 2.45) is 0 Å². The molecule has 0 aromatic heterocycles. The quantitative estimate of drug-likeness (QED) is 0.855. The first-order valence-electron chi connectivity index (χ1n) is 8.88. The second kappa shape index (κ2) is 6.10. The van der Waals surface area contributed by atoms with Crippen LogP contribution in [0.4, 0.5) is 0 Å². The standard InChI is InChI=1S/C21H25NO/c23-21(18-9-2-1-3-10-18)16-19(22-14-6-7-15-22)13-12-17-8-4-5-11-20(17)21/h1-5,8-11,19,23H,6-7,12-16H2/t19-,21+/m1/s1. The summed E-state index contributed by atoms with van der Waals surface area (Å²) in [6.07, 6.45) is 5.60. The van der Waals surface area contributed by atoms with Gasteiger partial charge in [-0.25, -0.2) is 0 Å². The van der Waals surface area contributed by atoms with E-state index in [1.54, 1.807) is 0 Å². The van der Waals surface area contributed by atoms with Crippen molar-refractivity contribution in [1.29, 1.82) is 0 Å². The number of hydrogen-bond donors (Lipinski definition) is 1. The Morgan fingerprint density at radius 1 is 0.913 bits per heavy atom. The van der Waals surface area contributed by atoms with Gasteiger partial charge in [-0.2, -0.15) is 0 Å². The van der Waals surface area contributed by atoms with E-state index in [-0.39, 0.29) is 0 Å². The fraction of sp³-hybridized carbons (Fsp3) is 0.429. The molecule has 2 heteroatoms. The lowest BCUT2D eigenvalue weighted by Crippen LogP contribution is -2.39. The highest BCUT2D eigenvalue weighted by atomic mass is 16.3. The molecule has 0 spiro atoms. The van der Waals surface area contributed by atoms with Crippen LogP contribution in [-0.4, -0.2) is 29.1 Å². The highest BCUT2D eigenvalue weighted by Crippen LogP contribution is 2.41. The summed E-state index contributed by atoms with van der Waals surface area (Å²) in [5.74, 6) is 0. The van der Waals surface area contributed by atoms with Gasteiger partial charge in [0.05, 0.1) is 0 Å². The van der Waals surface area contributed by atoms with Crippen LogP contribution in [0.2, 0.25) is 0 Å². The monoisotopic (exact) mass is 307 g/mol. The molecule has 2 nitrogen and oxygen atoms in total. The van der Waals surface area contributed by atoms with Crippen molar-refractivity contribution in [3.63, 3.8) is 0 Å². The number of benzene rings is 2. The van der Waals surface area contributed by atoms with Crippen LogP contribution in [-0.2, 0) is 12.0 Å². The maximum absolute atomic E-state index is 11.8. The highest BCUT2D eigenvalue weighted by Gasteiger charge is 2.40. The summed E-state index contributed by atoms with van der Waals surface area (Å²) in [6, 6.07) is 19.2. The predicted octanol–water partition coefficient (Wildman–Crippen LogP) is 3.72. The SMILES string of the molecule is O[C@]1(c2ccccc2)C[C@H](N2CCCC2)CCc2ccccc21. The molecule has 1 saturated heterocycles. The van der Waals surface area contributed by atoms with Gasteiger partial charge in [0, 0.05) is 12.5 Å². The van der Waals surface area contributed by atoms with Gasteiger partial charge in [0.1, 0.15) is 5.60 Å². The van der Waals surface area contributed by atoms with E-state index < -0.39 is 5.60 Å². The molecular weight excluding hydrogens is 282 g/mol. The lowest BCUT2D eigenvalue weighted by molar-refractivity contribution is 0.0399. The van der Waals surface area contributed by atoms with Gasteiger partial charge in [-0.1, -0.05) is 54.6 Å². The van der Waals surface area contributed by atoms with Crippen LogP contribution in [0, 0.1) is 0 Å². The molecule has 4 rings (SSSR count). The Hall–Kier alpha value is -1.64. The first-order chi connectivity index (χ1) is 11.3. The summed E-state index contributed by atoms with van der Waals surface area (Å²) in [4.78, 5) is 2.60. The average molecular weight is 307 g/mol. The van der Waals surface area contributed by atoms with Crippen LogP contribution in [0.1, 0.15) is 42.4 Å². The van der Waals surface area contributed by atoms with Crippen LogP contribution < -0.4 is 0 Å². The van der Waals surface area contributed by atoms with E-state index in [1.807, 2.05) is 18.2 Å². The minimum Gasteiger partial charge on any atom is -0.380 e. The Balaban J connectivity index is 1.78. The first kappa shape index (κ1) is 14.9. The number of aryl methyl sites for hydroxylation is 1. The number of nitrogens with zero attached hydrogens (tertiary/aromatic N) is 1. The molecule has 0 radical (unpaired) electrons. The average Bonchev–Trinajstić information content (AvgIpc) is 3.09. The normalized spacial score (nSPS) is 28.3. The lowest BCUT2D eigenvalue weighted by atomic mass is 9.81. The summed E-state index contributed by atoms with van der Waals surface area (Å²) in [5.41, 5.74) is 2.56. The summed E-state index contributed by atoms with van der Waals surface area (Å²) in [5, 5.41) is 11.8. The van der Waals surface area contributed by atoms with Crippen LogP contribution in [0.3, 0.4) is 0 Å². The largest absolute Gasteiger partial charge is 0.380 e. The van der Waals surface area contributed by atoms with E-state index >= 15 is 0 Å². The number of rotatable bonds is 2. The third-order valence-corrected chi connectivity index (χ3v) is 5.65. The van der Waals surface area contributed by atoms with Crippen molar-refractivity contribution in [1.82, 2.24) is 4.90 Å². The molecule has 23 heavy (non-hydrogen) atoms. The molecule has 120 valence electrons. The lowest BCUT2D eigenvalue weighted by Gasteiger charge is -2.35. The van der Waals surface area contributed by atoms with Gasteiger partial charge in [-0.05, 0) is 55.5 Å². The maximum atomic E-state index is 11.8. The Morgan fingerprint density at radius 2 is 1.61 bits per heavy atom. The van der Waals surface area contributed by atoms with Crippen molar-refractivity contribution >= 4 is 0 Å². The molecule has 1 heterocycles. The van der Waals surface area contributed by atoms with Gasteiger partial charge in [-0.3, -0.25) is 0 Å². The van der Waals surface area contributed by atoms with Crippen molar-refractivity contribution in [2.75, 3.05) is 13.1 Å².